The van der Waals surface area contributed by atoms with Gasteiger partial charge in [0.1, 0.15) is 16.9 Å². The molecule has 0 aliphatic carbocycles. The van der Waals surface area contributed by atoms with E-state index >= 15 is 0 Å². The quantitative estimate of drug-likeness (QED) is 0.722. The zero-order chi connectivity index (χ0) is 19.1. The second kappa shape index (κ2) is 9.30. The van der Waals surface area contributed by atoms with E-state index in [9.17, 15) is 9.59 Å². The third-order valence-electron chi connectivity index (χ3n) is 3.52. The summed E-state index contributed by atoms with van der Waals surface area (Å²) in [5, 5.41) is 11.5. The average Bonchev–Trinajstić information content (AvgIpc) is 3.08. The van der Waals surface area contributed by atoms with E-state index in [2.05, 4.69) is 4.98 Å². The monoisotopic (exact) mass is 378 g/mol. The zero-order valence-corrected chi connectivity index (χ0v) is 15.8. The Morgan fingerprint density at radius 2 is 2.15 bits per heavy atom. The van der Waals surface area contributed by atoms with Gasteiger partial charge in [0.25, 0.3) is 5.91 Å². The van der Waals surface area contributed by atoms with Crippen LogP contribution in [0.15, 0.2) is 29.6 Å². The van der Waals surface area contributed by atoms with Crippen LogP contribution in [0.3, 0.4) is 0 Å². The van der Waals surface area contributed by atoms with E-state index in [0.717, 1.165) is 10.7 Å². The lowest BCUT2D eigenvalue weighted by Gasteiger charge is -2.16. The number of carboxylic acids is 1. The van der Waals surface area contributed by atoms with Gasteiger partial charge in [0, 0.05) is 24.6 Å². The number of carboxylic acid groups (broad SMARTS) is 1. The molecule has 2 rings (SSSR count). The molecule has 0 saturated carbocycles. The van der Waals surface area contributed by atoms with E-state index in [1.807, 2.05) is 19.2 Å². The van der Waals surface area contributed by atoms with Crippen LogP contribution in [0.1, 0.15) is 41.0 Å². The third-order valence-corrected chi connectivity index (χ3v) is 4.58. The van der Waals surface area contributed by atoms with Gasteiger partial charge in [0.05, 0.1) is 12.2 Å². The summed E-state index contributed by atoms with van der Waals surface area (Å²) in [6.07, 6.45) is -0.0668. The topological polar surface area (TPSA) is 89.0 Å². The van der Waals surface area contributed by atoms with Crippen molar-refractivity contribution in [2.45, 2.75) is 26.5 Å². The molecule has 1 amide bonds. The van der Waals surface area contributed by atoms with Crippen molar-refractivity contribution >= 4 is 23.2 Å². The van der Waals surface area contributed by atoms with Crippen molar-refractivity contribution in [2.24, 2.45) is 0 Å². The van der Waals surface area contributed by atoms with Gasteiger partial charge in [0.15, 0.2) is 6.61 Å². The Bertz CT molecular complexity index is 762. The first kappa shape index (κ1) is 19.9. The predicted molar refractivity (Wildman–Crippen MR) is 97.5 cm³/mol. The highest BCUT2D eigenvalue weighted by molar-refractivity contribution is 7.09. The number of thiazole rings is 1. The molecule has 1 unspecified atom stereocenters. The van der Waals surface area contributed by atoms with Crippen molar-refractivity contribution < 1.29 is 24.2 Å². The maximum atomic E-state index is 12.6. The van der Waals surface area contributed by atoms with Crippen LogP contribution in [-0.4, -0.2) is 47.1 Å². The molecular formula is C18H22N2O5S. The summed E-state index contributed by atoms with van der Waals surface area (Å²) >= 11 is 1.51. The molecule has 7 nitrogen and oxygen atoms in total. The molecule has 1 heterocycles. The number of carbonyl (C=O) groups is 2. The number of amides is 1. The van der Waals surface area contributed by atoms with E-state index in [-0.39, 0.29) is 12.0 Å². The van der Waals surface area contributed by atoms with Gasteiger partial charge in [-0.2, -0.15) is 0 Å². The number of ether oxygens (including phenoxy) is 2. The van der Waals surface area contributed by atoms with Crippen LogP contribution in [0.25, 0.3) is 0 Å². The Morgan fingerprint density at radius 1 is 1.38 bits per heavy atom. The lowest BCUT2D eigenvalue weighted by Crippen LogP contribution is -2.26. The molecule has 140 valence electrons. The number of nitrogens with zero attached hydrogens (tertiary/aromatic N) is 2. The highest BCUT2D eigenvalue weighted by Crippen LogP contribution is 2.22. The summed E-state index contributed by atoms with van der Waals surface area (Å²) in [6, 6.07) is 6.46. The summed E-state index contributed by atoms with van der Waals surface area (Å²) in [7, 11) is 1.69. The van der Waals surface area contributed by atoms with E-state index in [1.54, 1.807) is 30.1 Å². The number of carbonyl (C=O) groups excluding carboxylic acids is 1. The third kappa shape index (κ3) is 5.53. The fourth-order valence-corrected chi connectivity index (χ4v) is 3.12. The summed E-state index contributed by atoms with van der Waals surface area (Å²) < 4.78 is 10.6. The lowest BCUT2D eigenvalue weighted by molar-refractivity contribution is -0.139. The van der Waals surface area contributed by atoms with Crippen LogP contribution in [0.2, 0.25) is 0 Å². The summed E-state index contributed by atoms with van der Waals surface area (Å²) in [5.41, 5.74) is 1.22. The van der Waals surface area contributed by atoms with Crippen molar-refractivity contribution in [3.05, 3.63) is 45.9 Å². The first-order chi connectivity index (χ1) is 12.4. The molecule has 0 spiro atoms. The standard InChI is InChI=1S/C18H22N2O5S/c1-4-24-12(2)17-19-14(11-26-17)9-20(3)18(23)13-6-5-7-15(8-13)25-10-16(21)22/h5-8,11-12H,4,9-10H2,1-3H3,(H,21,22). The minimum atomic E-state index is -1.07. The number of benzene rings is 1. The van der Waals surface area contributed by atoms with E-state index in [0.29, 0.717) is 24.5 Å². The van der Waals surface area contributed by atoms with E-state index < -0.39 is 12.6 Å². The number of aliphatic carboxylic acids is 1. The SMILES string of the molecule is CCOC(C)c1nc(CN(C)C(=O)c2cccc(OCC(=O)O)c2)cs1. The number of hydrogen-bond donors (Lipinski definition) is 1. The Kier molecular flexibility index (Phi) is 7.11. The Morgan fingerprint density at radius 3 is 2.85 bits per heavy atom. The Balaban J connectivity index is 2.01. The van der Waals surface area contributed by atoms with Crippen molar-refractivity contribution in [3.63, 3.8) is 0 Å². The van der Waals surface area contributed by atoms with Crippen LogP contribution >= 0.6 is 11.3 Å². The smallest absolute Gasteiger partial charge is 0.341 e. The summed E-state index contributed by atoms with van der Waals surface area (Å²) in [5.74, 6) is -0.925. The molecule has 0 radical (unpaired) electrons. The highest BCUT2D eigenvalue weighted by Gasteiger charge is 2.16. The van der Waals surface area contributed by atoms with Crippen molar-refractivity contribution in [2.75, 3.05) is 20.3 Å². The van der Waals surface area contributed by atoms with E-state index in [1.165, 1.54) is 17.4 Å². The Labute approximate surface area is 156 Å². The average molecular weight is 378 g/mol. The fourth-order valence-electron chi connectivity index (χ4n) is 2.30. The minimum Gasteiger partial charge on any atom is -0.482 e. The lowest BCUT2D eigenvalue weighted by atomic mass is 10.2. The van der Waals surface area contributed by atoms with Crippen LogP contribution in [0, 0.1) is 0 Å². The molecule has 0 saturated heterocycles. The maximum absolute atomic E-state index is 12.6. The van der Waals surface area contributed by atoms with Crippen LogP contribution in [0.4, 0.5) is 0 Å². The fraction of sp³-hybridized carbons (Fsp3) is 0.389. The zero-order valence-electron chi connectivity index (χ0n) is 15.0. The molecule has 0 bridgehead atoms. The first-order valence-electron chi connectivity index (χ1n) is 8.16. The molecule has 1 N–H and O–H groups in total. The second-order valence-corrected chi connectivity index (χ2v) is 6.54. The summed E-state index contributed by atoms with van der Waals surface area (Å²) in [6.45, 7) is 4.42. The van der Waals surface area contributed by atoms with E-state index in [4.69, 9.17) is 14.6 Å². The first-order valence-corrected chi connectivity index (χ1v) is 9.04. The maximum Gasteiger partial charge on any atom is 0.341 e. The van der Waals surface area contributed by atoms with Crippen LogP contribution < -0.4 is 4.74 Å². The van der Waals surface area contributed by atoms with Crippen LogP contribution in [0.5, 0.6) is 5.75 Å². The number of rotatable bonds is 9. The normalized spacial score (nSPS) is 11.8. The molecule has 26 heavy (non-hydrogen) atoms. The summed E-state index contributed by atoms with van der Waals surface area (Å²) in [4.78, 5) is 29.2. The minimum absolute atomic E-state index is 0.0668. The van der Waals surface area contributed by atoms with Gasteiger partial charge in [-0.05, 0) is 32.0 Å². The van der Waals surface area contributed by atoms with Gasteiger partial charge >= 0.3 is 5.97 Å². The molecule has 0 aliphatic rings. The van der Waals surface area contributed by atoms with Gasteiger partial charge in [0.2, 0.25) is 0 Å². The number of hydrogen-bond acceptors (Lipinski definition) is 6. The molecule has 0 fully saturated rings. The second-order valence-electron chi connectivity index (χ2n) is 5.65. The van der Waals surface area contributed by atoms with Gasteiger partial charge in [-0.15, -0.1) is 11.3 Å². The molecule has 1 aromatic carbocycles. The molecule has 1 atom stereocenters. The molecule has 2 aromatic rings. The largest absolute Gasteiger partial charge is 0.482 e. The molecule has 0 aliphatic heterocycles. The molecule has 1 aromatic heterocycles. The van der Waals surface area contributed by atoms with Gasteiger partial charge < -0.3 is 19.5 Å². The van der Waals surface area contributed by atoms with Gasteiger partial charge in [-0.25, -0.2) is 9.78 Å². The van der Waals surface area contributed by atoms with Gasteiger partial charge in [-0.3, -0.25) is 4.79 Å². The van der Waals surface area contributed by atoms with Crippen molar-refractivity contribution in [3.8, 4) is 5.75 Å². The van der Waals surface area contributed by atoms with Crippen molar-refractivity contribution in [1.82, 2.24) is 9.88 Å². The molecule has 8 heteroatoms. The highest BCUT2D eigenvalue weighted by atomic mass is 32.1. The Hall–Kier alpha value is -2.45. The van der Waals surface area contributed by atoms with Gasteiger partial charge in [-0.1, -0.05) is 6.07 Å². The molecular weight excluding hydrogens is 356 g/mol. The van der Waals surface area contributed by atoms with Crippen LogP contribution in [-0.2, 0) is 16.1 Å². The van der Waals surface area contributed by atoms with Crippen molar-refractivity contribution in [1.29, 1.82) is 0 Å². The predicted octanol–water partition coefficient (Wildman–Crippen LogP) is 2.98. The number of aromatic nitrogens is 1.